The van der Waals surface area contributed by atoms with Crippen LogP contribution in [0.3, 0.4) is 0 Å². The van der Waals surface area contributed by atoms with Crippen molar-refractivity contribution in [3.63, 3.8) is 0 Å². The van der Waals surface area contributed by atoms with E-state index in [1.165, 1.54) is 16.7 Å². The van der Waals surface area contributed by atoms with Crippen molar-refractivity contribution in [1.29, 1.82) is 0 Å². The van der Waals surface area contributed by atoms with Gasteiger partial charge in [-0.2, -0.15) is 0 Å². The van der Waals surface area contributed by atoms with Crippen molar-refractivity contribution in [1.82, 2.24) is 0 Å². The summed E-state index contributed by atoms with van der Waals surface area (Å²) in [7, 11) is 1.60. The molecule has 0 unspecified atom stereocenters. The monoisotopic (exact) mass is 533 g/mol. The third kappa shape index (κ3) is 5.89. The summed E-state index contributed by atoms with van der Waals surface area (Å²) in [6, 6.07) is 22.3. The van der Waals surface area contributed by atoms with E-state index in [4.69, 9.17) is 16.3 Å². The van der Waals surface area contributed by atoms with Crippen LogP contribution < -0.4 is 14.5 Å². The number of ether oxygens (including phenoxy) is 1. The maximum atomic E-state index is 13.6. The van der Waals surface area contributed by atoms with Crippen LogP contribution in [0.1, 0.15) is 25.0 Å². The van der Waals surface area contributed by atoms with E-state index in [9.17, 15) is 9.59 Å². The predicted molar refractivity (Wildman–Crippen MR) is 154 cm³/mol. The van der Waals surface area contributed by atoms with Gasteiger partial charge in [0.05, 0.1) is 18.6 Å². The second-order valence-electron chi connectivity index (χ2n) is 8.70. The number of hydrogen-bond acceptors (Lipinski definition) is 5. The number of thioether (sulfide) groups is 1. The maximum Gasteiger partial charge on any atom is 0.283 e. The molecule has 0 saturated carbocycles. The van der Waals surface area contributed by atoms with E-state index in [2.05, 4.69) is 4.99 Å². The molecule has 0 N–H and O–H groups in total. The van der Waals surface area contributed by atoms with Crippen LogP contribution >= 0.6 is 23.4 Å². The predicted octanol–water partition coefficient (Wildman–Crippen LogP) is 6.58. The van der Waals surface area contributed by atoms with E-state index >= 15 is 0 Å². The summed E-state index contributed by atoms with van der Waals surface area (Å²) in [6.07, 6.45) is 1.73. The van der Waals surface area contributed by atoms with Crippen molar-refractivity contribution in [3.8, 4) is 5.75 Å². The first kappa shape index (κ1) is 26.5. The van der Waals surface area contributed by atoms with Gasteiger partial charge in [-0.05, 0) is 74.4 Å². The Hall–Kier alpha value is -3.55. The minimum atomic E-state index is -0.278. The highest BCUT2D eigenvalue weighted by Crippen LogP contribution is 2.34. The Morgan fingerprint density at radius 3 is 2.43 bits per heavy atom. The number of anilines is 2. The van der Waals surface area contributed by atoms with Gasteiger partial charge in [0.1, 0.15) is 11.4 Å². The quantitative estimate of drug-likeness (QED) is 0.322. The third-order valence-electron chi connectivity index (χ3n) is 5.87. The molecule has 0 radical (unpaired) electrons. The lowest BCUT2D eigenvalue weighted by Gasteiger charge is -2.27. The highest BCUT2D eigenvalue weighted by Gasteiger charge is 2.34. The lowest BCUT2D eigenvalue weighted by Crippen LogP contribution is -2.39. The van der Waals surface area contributed by atoms with Crippen LogP contribution in [0.25, 0.3) is 6.08 Å². The maximum absolute atomic E-state index is 13.6. The number of methoxy groups -OCH3 is 1. The highest BCUT2D eigenvalue weighted by molar-refractivity contribution is 8.14. The molecule has 190 valence electrons. The van der Waals surface area contributed by atoms with Crippen molar-refractivity contribution >= 4 is 57.8 Å². The van der Waals surface area contributed by atoms with Crippen molar-refractivity contribution in [2.45, 2.75) is 26.8 Å². The Bertz CT molecular complexity index is 1350. The SMILES string of the molecule is COc1ccc(/C=C2/N=C(SCC(=O)N(c3ccccc3)C(C)C)N(c3cccc(Cl)c3C)C2=O)cc1. The molecule has 4 rings (SSSR count). The molecule has 1 aliphatic rings. The lowest BCUT2D eigenvalue weighted by atomic mass is 10.1. The molecule has 0 atom stereocenters. The molecule has 8 heteroatoms. The topological polar surface area (TPSA) is 62.2 Å². The van der Waals surface area contributed by atoms with Gasteiger partial charge in [0.2, 0.25) is 5.91 Å². The van der Waals surface area contributed by atoms with Gasteiger partial charge in [-0.3, -0.25) is 14.5 Å². The second-order valence-corrected chi connectivity index (χ2v) is 10.1. The minimum Gasteiger partial charge on any atom is -0.497 e. The molecule has 0 bridgehead atoms. The molecule has 0 saturated heterocycles. The number of benzene rings is 3. The normalized spacial score (nSPS) is 14.3. The molecule has 37 heavy (non-hydrogen) atoms. The van der Waals surface area contributed by atoms with Gasteiger partial charge in [0.25, 0.3) is 5.91 Å². The van der Waals surface area contributed by atoms with Gasteiger partial charge in [0, 0.05) is 16.8 Å². The largest absolute Gasteiger partial charge is 0.497 e. The number of carbonyl (C=O) groups is 2. The van der Waals surface area contributed by atoms with Crippen LogP contribution in [0, 0.1) is 6.92 Å². The number of amides is 2. The van der Waals surface area contributed by atoms with Crippen molar-refractivity contribution < 1.29 is 14.3 Å². The van der Waals surface area contributed by atoms with Gasteiger partial charge < -0.3 is 9.64 Å². The minimum absolute atomic E-state index is 0.0283. The van der Waals surface area contributed by atoms with Crippen LogP contribution in [0.5, 0.6) is 5.75 Å². The van der Waals surface area contributed by atoms with Gasteiger partial charge in [0.15, 0.2) is 5.17 Å². The molecular weight excluding hydrogens is 506 g/mol. The second kappa shape index (κ2) is 11.7. The van der Waals surface area contributed by atoms with Gasteiger partial charge in [-0.15, -0.1) is 0 Å². The van der Waals surface area contributed by atoms with Crippen LogP contribution in [0.4, 0.5) is 11.4 Å². The molecule has 0 spiro atoms. The van der Waals surface area contributed by atoms with E-state index in [1.54, 1.807) is 30.2 Å². The number of para-hydroxylation sites is 1. The van der Waals surface area contributed by atoms with E-state index < -0.39 is 0 Å². The standard InChI is InChI=1S/C29H28ClN3O3S/c1-19(2)32(22-9-6-5-7-10-22)27(34)18-37-29-31-25(17-21-13-15-23(36-4)16-14-21)28(35)33(29)26-12-8-11-24(30)20(26)3/h5-17,19H,18H2,1-4H3/b25-17+. The zero-order valence-electron chi connectivity index (χ0n) is 21.1. The number of nitrogens with zero attached hydrogens (tertiary/aromatic N) is 3. The fourth-order valence-corrected chi connectivity index (χ4v) is 5.05. The fraction of sp³-hybridized carbons (Fsp3) is 0.207. The van der Waals surface area contributed by atoms with Crippen LogP contribution in [-0.4, -0.2) is 35.9 Å². The summed E-state index contributed by atoms with van der Waals surface area (Å²) in [5.74, 6) is 0.490. The third-order valence-corrected chi connectivity index (χ3v) is 7.21. The number of carbonyl (C=O) groups excluding carboxylic acids is 2. The zero-order chi connectivity index (χ0) is 26.5. The number of halogens is 1. The average molecular weight is 534 g/mol. The Balaban J connectivity index is 1.66. The molecule has 0 aromatic heterocycles. The first-order valence-electron chi connectivity index (χ1n) is 11.8. The van der Waals surface area contributed by atoms with Crippen LogP contribution in [0.2, 0.25) is 5.02 Å². The molecule has 0 fully saturated rings. The average Bonchev–Trinajstić information content (AvgIpc) is 3.20. The first-order valence-corrected chi connectivity index (χ1v) is 13.2. The molecule has 2 amide bonds. The van der Waals surface area contributed by atoms with Crippen LogP contribution in [0.15, 0.2) is 83.5 Å². The number of aliphatic imine (C=N–C) groups is 1. The summed E-state index contributed by atoms with van der Waals surface area (Å²) in [5.41, 5.74) is 3.32. The number of rotatable bonds is 7. The molecule has 1 heterocycles. The smallest absolute Gasteiger partial charge is 0.283 e. The Labute approximate surface area is 226 Å². The van der Waals surface area contributed by atoms with Gasteiger partial charge in [-0.25, -0.2) is 4.99 Å². The lowest BCUT2D eigenvalue weighted by molar-refractivity contribution is -0.116. The Morgan fingerprint density at radius 1 is 1.08 bits per heavy atom. The molecule has 0 aliphatic carbocycles. The van der Waals surface area contributed by atoms with E-state index in [1.807, 2.05) is 81.4 Å². The highest BCUT2D eigenvalue weighted by atomic mass is 35.5. The summed E-state index contributed by atoms with van der Waals surface area (Å²) < 4.78 is 5.22. The summed E-state index contributed by atoms with van der Waals surface area (Å²) >= 11 is 7.62. The first-order chi connectivity index (χ1) is 17.8. The van der Waals surface area contributed by atoms with E-state index in [0.717, 1.165) is 22.6 Å². The fourth-order valence-electron chi connectivity index (χ4n) is 4.02. The molecule has 3 aromatic carbocycles. The van der Waals surface area contributed by atoms with Gasteiger partial charge in [-0.1, -0.05) is 59.8 Å². The van der Waals surface area contributed by atoms with Crippen molar-refractivity contribution in [2.75, 3.05) is 22.7 Å². The Kier molecular flexibility index (Phi) is 8.36. The van der Waals surface area contributed by atoms with Crippen molar-refractivity contribution in [3.05, 3.63) is 94.6 Å². The van der Waals surface area contributed by atoms with Gasteiger partial charge >= 0.3 is 0 Å². The molecule has 1 aliphatic heterocycles. The number of amidine groups is 1. The molecule has 6 nitrogen and oxygen atoms in total. The van der Waals surface area contributed by atoms with E-state index in [0.29, 0.717) is 15.9 Å². The summed E-state index contributed by atoms with van der Waals surface area (Å²) in [5, 5.41) is 0.980. The zero-order valence-corrected chi connectivity index (χ0v) is 22.7. The van der Waals surface area contributed by atoms with E-state index in [-0.39, 0.29) is 29.3 Å². The summed E-state index contributed by atoms with van der Waals surface area (Å²) in [6.45, 7) is 5.81. The molecule has 3 aromatic rings. The number of hydrogen-bond donors (Lipinski definition) is 0. The van der Waals surface area contributed by atoms with Crippen LogP contribution in [-0.2, 0) is 9.59 Å². The van der Waals surface area contributed by atoms with Crippen molar-refractivity contribution in [2.24, 2.45) is 4.99 Å². The summed E-state index contributed by atoms with van der Waals surface area (Å²) in [4.78, 5) is 34.9. The molecular formula is C29H28ClN3O3S. The Morgan fingerprint density at radius 2 is 1.78 bits per heavy atom.